The lowest BCUT2D eigenvalue weighted by Gasteiger charge is -2.32. The minimum Gasteiger partial charge on any atom is -0.322 e. The van der Waals surface area contributed by atoms with Crippen LogP contribution in [0.25, 0.3) is 68.8 Å². The Morgan fingerprint density at radius 3 is 1.41 bits per heavy atom. The number of hydrogen-bond donors (Lipinski definition) is 6. The maximum absolute atomic E-state index is 13.1. The molecule has 6 aromatic carbocycles. The molecule has 15 rings (SSSR count). The van der Waals surface area contributed by atoms with E-state index in [0.717, 1.165) is 144 Å². The van der Waals surface area contributed by atoms with E-state index in [9.17, 15) is 28.8 Å². The number of nitrogens with one attached hydrogen (secondary N) is 6. The second kappa shape index (κ2) is 33.3. The zero-order valence-corrected chi connectivity index (χ0v) is 62.4. The highest BCUT2D eigenvalue weighted by Gasteiger charge is 2.18. The monoisotopic (exact) mass is 1460 g/mol. The molecule has 1 saturated heterocycles. The van der Waals surface area contributed by atoms with Gasteiger partial charge in [0.15, 0.2) is 0 Å². The lowest BCUT2D eigenvalue weighted by Crippen LogP contribution is -2.43. The van der Waals surface area contributed by atoms with Crippen LogP contribution in [0, 0.1) is 67.2 Å². The van der Waals surface area contributed by atoms with Gasteiger partial charge in [0, 0.05) is 154 Å². The highest BCUT2D eigenvalue weighted by molar-refractivity contribution is 6.06. The van der Waals surface area contributed by atoms with E-state index in [4.69, 9.17) is 0 Å². The Labute approximate surface area is 635 Å². The summed E-state index contributed by atoms with van der Waals surface area (Å²) >= 11 is 0. The summed E-state index contributed by atoms with van der Waals surface area (Å²) in [6.45, 7) is 21.2. The number of aryl methyl sites for hydroxylation is 8. The van der Waals surface area contributed by atoms with Gasteiger partial charge in [-0.15, -0.1) is 0 Å². The lowest BCUT2D eigenvalue weighted by atomic mass is 10.0. The second-order valence-corrected chi connectivity index (χ2v) is 27.7. The second-order valence-electron chi connectivity index (χ2n) is 27.7. The van der Waals surface area contributed by atoms with Crippen LogP contribution in [-0.4, -0.2) is 110 Å². The summed E-state index contributed by atoms with van der Waals surface area (Å²) in [6.07, 6.45) is 20.4. The van der Waals surface area contributed by atoms with Gasteiger partial charge in [-0.2, -0.15) is 0 Å². The van der Waals surface area contributed by atoms with E-state index in [1.165, 1.54) is 23.8 Å². The van der Waals surface area contributed by atoms with E-state index in [-0.39, 0.29) is 34.4 Å². The van der Waals surface area contributed by atoms with Crippen molar-refractivity contribution >= 4 is 92.2 Å². The van der Waals surface area contributed by atoms with E-state index in [0.29, 0.717) is 44.9 Å². The zero-order valence-electron chi connectivity index (χ0n) is 62.4. The molecule has 1 aliphatic rings. The summed E-state index contributed by atoms with van der Waals surface area (Å²) in [5, 5.41) is 11.6. The fourth-order valence-electron chi connectivity index (χ4n) is 12.6. The summed E-state index contributed by atoms with van der Waals surface area (Å²) in [6, 6.07) is 50.3. The number of aromatic amines is 3. The van der Waals surface area contributed by atoms with Crippen LogP contribution in [0.2, 0.25) is 0 Å². The molecule has 14 aromatic rings. The maximum atomic E-state index is 13.1. The van der Waals surface area contributed by atoms with Gasteiger partial charge in [0.25, 0.3) is 17.7 Å². The van der Waals surface area contributed by atoms with Crippen molar-refractivity contribution in [1.29, 1.82) is 0 Å². The normalized spacial score (nSPS) is 12.3. The van der Waals surface area contributed by atoms with Crippen molar-refractivity contribution in [2.24, 2.45) is 0 Å². The number of benzene rings is 6. The Bertz CT molecular complexity index is 6200. The Balaban J connectivity index is 0.000000145. The summed E-state index contributed by atoms with van der Waals surface area (Å²) in [5.41, 5.74) is 21.5. The number of anilines is 3. The van der Waals surface area contributed by atoms with Crippen molar-refractivity contribution < 1.29 is 14.4 Å². The average Bonchev–Trinajstić information content (AvgIpc) is 1.54. The molecule has 8 aromatic heterocycles. The van der Waals surface area contributed by atoms with E-state index in [1.54, 1.807) is 61.6 Å². The van der Waals surface area contributed by atoms with Crippen molar-refractivity contribution in [1.82, 2.24) is 58.8 Å². The number of carbonyl (C=O) groups excluding carboxylic acids is 3. The van der Waals surface area contributed by atoms with Gasteiger partial charge in [-0.25, -0.2) is 24.9 Å². The average molecular weight is 1460 g/mol. The van der Waals surface area contributed by atoms with Gasteiger partial charge in [0.2, 0.25) is 16.7 Å². The fraction of sp³-hybridized carbons (Fsp3) is 0.157. The van der Waals surface area contributed by atoms with Crippen molar-refractivity contribution in [2.75, 3.05) is 49.2 Å². The number of aromatic nitrogens is 10. The predicted octanol–water partition coefficient (Wildman–Crippen LogP) is 14.9. The first-order valence-electron chi connectivity index (χ1n) is 35.9. The van der Waals surface area contributed by atoms with Crippen LogP contribution in [0.1, 0.15) is 115 Å². The number of rotatable bonds is 14. The molecule has 1 fully saturated rings. The van der Waals surface area contributed by atoms with Crippen molar-refractivity contribution in [3.05, 3.63) is 339 Å². The number of imidazole rings is 2. The van der Waals surface area contributed by atoms with Gasteiger partial charge in [-0.05, 0) is 245 Å². The molecule has 21 nitrogen and oxygen atoms in total. The van der Waals surface area contributed by atoms with Crippen LogP contribution < -0.4 is 32.6 Å². The Hall–Kier alpha value is -13.8. The van der Waals surface area contributed by atoms with Crippen LogP contribution in [0.5, 0.6) is 0 Å². The standard InChI is InChI=1S/C31H33N5O2.C29H25N5O2.C29H23N5O2/c1-21-4-10-28(18-24(21)6-5-23-17-25-9-11-29(37)34-30(25)32-19-23)33-31(38)26-7-8-27(22(2)16-26)20-36-14-12-35(3)13-15-36;2*1-18-10-25(14-26(11-18)34-16-20(3)31-17-34)32-29(36)24-6-4-19(2)22(13-24)7-5-21-12-23-8-9-27(35)33-28(23)30-15-21/h4-11,16-19H,12-15,20H2,1-3H3,(H,33,38)(H,32,34,37);4-17H,1-3H3,(H,32,36)(H,30,33,35);4,6,8-17H,1-3H3,(H,32,36)(H,30,33,35)/b6-5+;7-5+;. The number of piperazine rings is 1. The minimum atomic E-state index is -0.215. The molecule has 0 unspecified atom stereocenters. The number of nitrogens with zero attached hydrogens (tertiary/aromatic N) is 9. The van der Waals surface area contributed by atoms with Gasteiger partial charge < -0.3 is 44.9 Å². The highest BCUT2D eigenvalue weighted by Crippen LogP contribution is 2.26. The highest BCUT2D eigenvalue weighted by atomic mass is 16.2. The number of carbonyl (C=O) groups is 3. The summed E-state index contributed by atoms with van der Waals surface area (Å²) < 4.78 is 3.86. The van der Waals surface area contributed by atoms with Gasteiger partial charge in [0.05, 0.1) is 24.0 Å². The number of likely N-dealkylation sites (N-methyl/N-ethyl adjacent to an activating group) is 1. The lowest BCUT2D eigenvalue weighted by molar-refractivity contribution is 0.101. The molecule has 0 aliphatic carbocycles. The Kier molecular flexibility index (Phi) is 22.6. The molecular weight excluding hydrogens is 1380 g/mol. The molecule has 3 amide bonds. The molecule has 0 radical (unpaired) electrons. The first-order chi connectivity index (χ1) is 53.0. The molecule has 548 valence electrons. The van der Waals surface area contributed by atoms with Crippen molar-refractivity contribution in [3.63, 3.8) is 0 Å². The number of fused-ring (bicyclic) bond motifs is 3. The van der Waals surface area contributed by atoms with E-state index < -0.39 is 0 Å². The van der Waals surface area contributed by atoms with E-state index >= 15 is 0 Å². The first-order valence-corrected chi connectivity index (χ1v) is 35.9. The summed E-state index contributed by atoms with van der Waals surface area (Å²) in [7, 11) is 2.16. The molecule has 9 heterocycles. The van der Waals surface area contributed by atoms with Gasteiger partial charge in [0.1, 0.15) is 16.9 Å². The topological polar surface area (TPSA) is 267 Å². The SMILES string of the molecule is Cc1cc(NC(=O)c2ccc(C)c(/C=C/c3cnc4[nH]c(=O)ccc4c3)c2)cc(-n2cnc(C)c2)c1.Cc1cc(NC(=O)c2ccc(C)c(C#Cc3cnc4[nH]c(=O)ccc4c3)c2)cc(-n2cnc(C)c2)c1.Cc1ccc(NC(=O)c2ccc(CN3CCN(C)CC3)c(C)c2)cc1/C=C/c1cnc2[nH]c(=O)ccc2c1. The molecule has 0 bridgehead atoms. The number of H-pyrrole nitrogens is 3. The van der Waals surface area contributed by atoms with E-state index in [1.807, 2.05) is 203 Å². The molecule has 1 aliphatic heterocycles. The summed E-state index contributed by atoms with van der Waals surface area (Å²) in [4.78, 5) is 108. The third-order valence-electron chi connectivity index (χ3n) is 18.8. The smallest absolute Gasteiger partial charge is 0.255 e. The van der Waals surface area contributed by atoms with Gasteiger partial charge in [-0.1, -0.05) is 60.4 Å². The van der Waals surface area contributed by atoms with Crippen LogP contribution in [-0.2, 0) is 6.54 Å². The van der Waals surface area contributed by atoms with Crippen molar-refractivity contribution in [3.8, 4) is 23.2 Å². The van der Waals surface area contributed by atoms with Crippen LogP contribution in [0.4, 0.5) is 17.1 Å². The summed E-state index contributed by atoms with van der Waals surface area (Å²) in [5.74, 6) is 5.75. The van der Waals surface area contributed by atoms with E-state index in [2.05, 4.69) is 97.5 Å². The molecule has 0 atom stereocenters. The third-order valence-corrected chi connectivity index (χ3v) is 18.8. The van der Waals surface area contributed by atoms with Gasteiger partial charge >= 0.3 is 0 Å². The van der Waals surface area contributed by atoms with Gasteiger partial charge in [-0.3, -0.25) is 33.7 Å². The quantitative estimate of drug-likeness (QED) is 0.0554. The minimum absolute atomic E-state index is 0.120. The van der Waals surface area contributed by atoms with Crippen LogP contribution >= 0.6 is 0 Å². The third kappa shape index (κ3) is 19.1. The molecule has 0 spiro atoms. The Morgan fingerprint density at radius 1 is 0.427 bits per heavy atom. The molecule has 110 heavy (non-hydrogen) atoms. The van der Waals surface area contributed by atoms with Crippen LogP contribution in [0.3, 0.4) is 0 Å². The maximum Gasteiger partial charge on any atom is 0.255 e. The number of amides is 3. The predicted molar refractivity (Wildman–Crippen MR) is 438 cm³/mol. The Morgan fingerprint density at radius 2 is 0.891 bits per heavy atom. The number of hydrogen-bond acceptors (Lipinski definition) is 13. The van der Waals surface area contributed by atoms with Crippen molar-refractivity contribution in [2.45, 2.75) is 61.9 Å². The molecule has 21 heteroatoms. The largest absolute Gasteiger partial charge is 0.322 e. The fourth-order valence-corrected chi connectivity index (χ4v) is 12.6. The number of pyridine rings is 6. The molecule has 0 saturated carbocycles. The zero-order chi connectivity index (χ0) is 77.1. The molecular formula is C89H81N15O6. The van der Waals surface area contributed by atoms with Crippen LogP contribution in [0.15, 0.2) is 222 Å². The first kappa shape index (κ1) is 74.5. The molecule has 6 N–H and O–H groups in total.